The van der Waals surface area contributed by atoms with Crippen LogP contribution < -0.4 is 5.48 Å². The van der Waals surface area contributed by atoms with E-state index < -0.39 is 12.0 Å². The van der Waals surface area contributed by atoms with Crippen LogP contribution in [0, 0.1) is 0 Å². The third-order valence-corrected chi connectivity index (χ3v) is 4.79. The van der Waals surface area contributed by atoms with Gasteiger partial charge in [-0.05, 0) is 50.5 Å². The first-order chi connectivity index (χ1) is 13.5. The molecule has 2 atom stereocenters. The van der Waals surface area contributed by atoms with Crippen molar-refractivity contribution in [2.24, 2.45) is 0 Å². The number of amides is 1. The monoisotopic (exact) mass is 409 g/mol. The minimum atomic E-state index is -0.522. The maximum Gasteiger partial charge on any atom is 0.245 e. The van der Waals surface area contributed by atoms with E-state index in [2.05, 4.69) is 5.10 Å². The third kappa shape index (κ3) is 6.31. The Morgan fingerprint density at radius 1 is 1.29 bits per heavy atom. The van der Waals surface area contributed by atoms with Gasteiger partial charge in [-0.25, -0.2) is 5.48 Å². The lowest BCUT2D eigenvalue weighted by Crippen LogP contribution is -2.33. The van der Waals surface area contributed by atoms with Gasteiger partial charge in [-0.1, -0.05) is 23.7 Å². The lowest BCUT2D eigenvalue weighted by molar-refractivity contribution is -0.132. The predicted octanol–water partition coefficient (Wildman–Crippen LogP) is 3.11. The lowest BCUT2D eigenvalue weighted by Gasteiger charge is -2.28. The minimum Gasteiger partial charge on any atom is -0.396 e. The summed E-state index contributed by atoms with van der Waals surface area (Å²) in [4.78, 5) is 11.9. The average Bonchev–Trinajstić information content (AvgIpc) is 3.16. The molecule has 0 fully saturated rings. The number of halogens is 1. The molecule has 0 saturated heterocycles. The Hall–Kier alpha value is -1.93. The highest BCUT2D eigenvalue weighted by Gasteiger charge is 2.30. The first-order valence-corrected chi connectivity index (χ1v) is 9.77. The van der Waals surface area contributed by atoms with Gasteiger partial charge in [-0.3, -0.25) is 14.7 Å². The van der Waals surface area contributed by atoms with E-state index in [4.69, 9.17) is 26.7 Å². The average molecular weight is 410 g/mol. The number of ether oxygens (including phenoxy) is 1. The number of rotatable bonds is 11. The van der Waals surface area contributed by atoms with Gasteiger partial charge in [0.25, 0.3) is 0 Å². The number of hydrogen-bond donors (Lipinski definition) is 3. The number of aliphatic hydroxyl groups excluding tert-OH is 1. The molecule has 3 N–H and O–H groups in total. The number of nitrogens with one attached hydrogen (secondary N) is 1. The summed E-state index contributed by atoms with van der Waals surface area (Å²) in [6.07, 6.45) is 2.31. The predicted molar refractivity (Wildman–Crippen MR) is 106 cm³/mol. The number of aliphatic hydroxyl groups is 1. The summed E-state index contributed by atoms with van der Waals surface area (Å²) in [5.41, 5.74) is 3.68. The highest BCUT2D eigenvalue weighted by molar-refractivity contribution is 6.30. The van der Waals surface area contributed by atoms with Crippen molar-refractivity contribution in [3.05, 3.63) is 52.8 Å². The lowest BCUT2D eigenvalue weighted by atomic mass is 9.88. The van der Waals surface area contributed by atoms with E-state index in [-0.39, 0.29) is 25.0 Å². The molecule has 7 nitrogen and oxygen atoms in total. The number of aromatic nitrogens is 2. The molecule has 0 unspecified atom stereocenters. The van der Waals surface area contributed by atoms with Crippen LogP contribution in [0.1, 0.15) is 49.9 Å². The van der Waals surface area contributed by atoms with Crippen LogP contribution in [0.25, 0.3) is 0 Å². The maximum absolute atomic E-state index is 11.9. The second-order valence-corrected chi connectivity index (χ2v) is 7.39. The fourth-order valence-corrected chi connectivity index (χ4v) is 3.32. The number of carbonyl (C=O) groups is 1. The Labute approximate surface area is 170 Å². The second-order valence-electron chi connectivity index (χ2n) is 6.96. The van der Waals surface area contributed by atoms with Crippen molar-refractivity contribution in [1.29, 1.82) is 0 Å². The van der Waals surface area contributed by atoms with Crippen molar-refractivity contribution in [2.75, 3.05) is 13.2 Å². The Bertz CT molecular complexity index is 733. The zero-order chi connectivity index (χ0) is 20.5. The summed E-state index contributed by atoms with van der Waals surface area (Å²) in [6.45, 7) is 4.40. The zero-order valence-corrected chi connectivity index (χ0v) is 17.0. The fourth-order valence-electron chi connectivity index (χ4n) is 3.20. The normalized spacial score (nSPS) is 13.5. The molecule has 28 heavy (non-hydrogen) atoms. The Morgan fingerprint density at radius 3 is 2.61 bits per heavy atom. The largest absolute Gasteiger partial charge is 0.396 e. The van der Waals surface area contributed by atoms with E-state index in [0.717, 1.165) is 11.3 Å². The Balaban J connectivity index is 2.37. The van der Waals surface area contributed by atoms with Crippen molar-refractivity contribution >= 4 is 17.5 Å². The molecule has 0 aliphatic rings. The van der Waals surface area contributed by atoms with Crippen molar-refractivity contribution in [2.45, 2.75) is 51.2 Å². The molecule has 2 rings (SSSR count). The fraction of sp³-hybridized carbons (Fsp3) is 0.500. The summed E-state index contributed by atoms with van der Waals surface area (Å²) < 4.78 is 7.89. The molecule has 0 radical (unpaired) electrons. The van der Waals surface area contributed by atoms with Gasteiger partial charge in [-0.15, -0.1) is 0 Å². The SMILES string of the molecule is CC(C)n1nccc1[C@@H](Cc1ccc(Cl)cc1)[C@@H](CC(=O)NO)OCCCO. The van der Waals surface area contributed by atoms with E-state index >= 15 is 0 Å². The molecule has 8 heteroatoms. The number of hydroxylamine groups is 1. The van der Waals surface area contributed by atoms with Crippen LogP contribution >= 0.6 is 11.6 Å². The Kier molecular flexibility index (Phi) is 8.92. The van der Waals surface area contributed by atoms with Crippen molar-refractivity contribution in [3.63, 3.8) is 0 Å². The summed E-state index contributed by atoms with van der Waals surface area (Å²) >= 11 is 6.01. The number of benzene rings is 1. The number of hydrogen-bond acceptors (Lipinski definition) is 5. The van der Waals surface area contributed by atoms with E-state index in [1.807, 2.05) is 48.9 Å². The van der Waals surface area contributed by atoms with Gasteiger partial charge in [0, 0.05) is 42.1 Å². The van der Waals surface area contributed by atoms with Crippen LogP contribution in [-0.2, 0) is 16.0 Å². The molecule has 1 aromatic carbocycles. The standard InChI is InChI=1S/C20H28ClN3O4/c1-14(2)24-18(8-9-22-24)17(12-15-4-6-16(21)7-5-15)19(13-20(26)23-27)28-11-3-10-25/h4-9,14,17,19,25,27H,3,10-13H2,1-2H3,(H,23,26)/t17-,19-/m1/s1. The van der Waals surface area contributed by atoms with Crippen LogP contribution in [0.5, 0.6) is 0 Å². The smallest absolute Gasteiger partial charge is 0.245 e. The molecule has 154 valence electrons. The molecule has 1 heterocycles. The number of carbonyl (C=O) groups excluding carboxylic acids is 1. The third-order valence-electron chi connectivity index (χ3n) is 4.53. The number of nitrogens with zero attached hydrogens (tertiary/aromatic N) is 2. The summed E-state index contributed by atoms with van der Waals surface area (Å²) in [5.74, 6) is -0.701. The van der Waals surface area contributed by atoms with Crippen LogP contribution in [0.2, 0.25) is 5.02 Å². The summed E-state index contributed by atoms with van der Waals surface area (Å²) in [5, 5.41) is 23.2. The molecule has 1 amide bonds. The van der Waals surface area contributed by atoms with E-state index in [9.17, 15) is 4.79 Å². The maximum atomic E-state index is 11.9. The minimum absolute atomic E-state index is 0.00466. The van der Waals surface area contributed by atoms with Crippen molar-refractivity contribution in [3.8, 4) is 0 Å². The molecular weight excluding hydrogens is 382 g/mol. The first kappa shape index (κ1) is 22.4. The molecule has 2 aromatic rings. The summed E-state index contributed by atoms with van der Waals surface area (Å²) in [7, 11) is 0. The van der Waals surface area contributed by atoms with Crippen LogP contribution in [0.15, 0.2) is 36.5 Å². The van der Waals surface area contributed by atoms with Gasteiger partial charge in [0.1, 0.15) is 0 Å². The molecule has 1 aromatic heterocycles. The van der Waals surface area contributed by atoms with Gasteiger partial charge in [0.15, 0.2) is 0 Å². The van der Waals surface area contributed by atoms with E-state index in [0.29, 0.717) is 24.5 Å². The topological polar surface area (TPSA) is 96.6 Å². The van der Waals surface area contributed by atoms with Crippen molar-refractivity contribution in [1.82, 2.24) is 15.3 Å². The highest BCUT2D eigenvalue weighted by atomic mass is 35.5. The van der Waals surface area contributed by atoms with E-state index in [1.54, 1.807) is 11.7 Å². The van der Waals surface area contributed by atoms with E-state index in [1.165, 1.54) is 0 Å². The molecule has 0 saturated carbocycles. The zero-order valence-electron chi connectivity index (χ0n) is 16.2. The van der Waals surface area contributed by atoms with Gasteiger partial charge in [0.05, 0.1) is 12.5 Å². The molecular formula is C20H28ClN3O4. The molecule has 0 spiro atoms. The molecule has 0 aliphatic carbocycles. The highest BCUT2D eigenvalue weighted by Crippen LogP contribution is 2.30. The van der Waals surface area contributed by atoms with Gasteiger partial charge >= 0.3 is 0 Å². The van der Waals surface area contributed by atoms with Crippen LogP contribution in [-0.4, -0.2) is 45.3 Å². The van der Waals surface area contributed by atoms with Crippen LogP contribution in [0.3, 0.4) is 0 Å². The first-order valence-electron chi connectivity index (χ1n) is 9.39. The van der Waals surface area contributed by atoms with Gasteiger partial charge in [-0.2, -0.15) is 5.10 Å². The van der Waals surface area contributed by atoms with Crippen molar-refractivity contribution < 1.29 is 19.8 Å². The van der Waals surface area contributed by atoms with Gasteiger partial charge < -0.3 is 9.84 Å². The summed E-state index contributed by atoms with van der Waals surface area (Å²) in [6, 6.07) is 9.62. The van der Waals surface area contributed by atoms with Gasteiger partial charge in [0.2, 0.25) is 5.91 Å². The van der Waals surface area contributed by atoms with Crippen LogP contribution in [0.4, 0.5) is 0 Å². The molecule has 0 bridgehead atoms. The second kappa shape index (κ2) is 11.2. The Morgan fingerprint density at radius 2 is 2.00 bits per heavy atom. The quantitative estimate of drug-likeness (QED) is 0.301. The molecule has 0 aliphatic heterocycles.